The van der Waals surface area contributed by atoms with Gasteiger partial charge in [-0.2, -0.15) is 0 Å². The van der Waals surface area contributed by atoms with Gasteiger partial charge in [0.2, 0.25) is 0 Å². The molecular formula is C28H42O. The Morgan fingerprint density at radius 2 is 1.59 bits per heavy atom. The Hall–Kier alpha value is -1.34. The quantitative estimate of drug-likeness (QED) is 0.287. The zero-order valence-corrected chi connectivity index (χ0v) is 18.7. The molecule has 0 atom stereocenters. The molecule has 0 aromatic heterocycles. The molecule has 0 N–H and O–H groups in total. The molecule has 0 spiro atoms. The number of ether oxygens (including phenoxy) is 1. The van der Waals surface area contributed by atoms with Crippen LogP contribution in [0.3, 0.4) is 0 Å². The molecule has 1 aromatic carbocycles. The molecule has 3 rings (SSSR count). The molecule has 1 aromatic rings. The second-order valence-corrected chi connectivity index (χ2v) is 9.42. The molecular weight excluding hydrogens is 352 g/mol. The van der Waals surface area contributed by atoms with Crippen molar-refractivity contribution in [1.29, 1.82) is 0 Å². The van der Waals surface area contributed by atoms with Gasteiger partial charge in [-0.3, -0.25) is 0 Å². The molecule has 0 heterocycles. The summed E-state index contributed by atoms with van der Waals surface area (Å²) in [6.45, 7) is 7.47. The monoisotopic (exact) mass is 394 g/mol. The number of unbranched alkanes of at least 4 members (excludes halogenated alkanes) is 1. The summed E-state index contributed by atoms with van der Waals surface area (Å²) in [6, 6.07) is 9.28. The van der Waals surface area contributed by atoms with Crippen molar-refractivity contribution in [2.24, 2.45) is 17.8 Å². The van der Waals surface area contributed by atoms with E-state index in [1.54, 1.807) is 5.56 Å². The van der Waals surface area contributed by atoms with E-state index in [4.69, 9.17) is 4.74 Å². The van der Waals surface area contributed by atoms with E-state index in [0.717, 1.165) is 49.7 Å². The molecule has 2 aliphatic rings. The Balaban J connectivity index is 1.37. The summed E-state index contributed by atoms with van der Waals surface area (Å²) in [5, 5.41) is 0. The second kappa shape index (κ2) is 12.4. The SMILES string of the molecule is C=CCCCOCc1ccc(C2CCC(C3CCC(C/C=C/C)CC3)CC2)cc1. The largest absolute Gasteiger partial charge is 0.377 e. The van der Waals surface area contributed by atoms with Crippen molar-refractivity contribution in [1.82, 2.24) is 0 Å². The first-order valence-corrected chi connectivity index (χ1v) is 12.2. The van der Waals surface area contributed by atoms with Crippen LogP contribution >= 0.6 is 0 Å². The number of rotatable bonds is 10. The number of allylic oxidation sites excluding steroid dienone is 3. The van der Waals surface area contributed by atoms with E-state index in [9.17, 15) is 0 Å². The molecule has 0 radical (unpaired) electrons. The van der Waals surface area contributed by atoms with Crippen LogP contribution < -0.4 is 0 Å². The summed E-state index contributed by atoms with van der Waals surface area (Å²) >= 11 is 0. The van der Waals surface area contributed by atoms with Gasteiger partial charge in [0.15, 0.2) is 0 Å². The molecule has 1 nitrogen and oxygen atoms in total. The summed E-state index contributed by atoms with van der Waals surface area (Å²) in [4.78, 5) is 0. The zero-order valence-electron chi connectivity index (χ0n) is 18.7. The maximum atomic E-state index is 5.77. The molecule has 0 aliphatic heterocycles. The van der Waals surface area contributed by atoms with Gasteiger partial charge in [-0.1, -0.05) is 42.5 Å². The summed E-state index contributed by atoms with van der Waals surface area (Å²) in [5.41, 5.74) is 2.85. The first-order valence-electron chi connectivity index (χ1n) is 12.2. The van der Waals surface area contributed by atoms with Crippen LogP contribution in [0.15, 0.2) is 49.1 Å². The van der Waals surface area contributed by atoms with E-state index in [1.165, 1.54) is 63.4 Å². The van der Waals surface area contributed by atoms with Crippen LogP contribution in [0.4, 0.5) is 0 Å². The lowest BCUT2D eigenvalue weighted by molar-refractivity contribution is 0.119. The van der Waals surface area contributed by atoms with Gasteiger partial charge in [0, 0.05) is 6.61 Å². The Morgan fingerprint density at radius 1 is 0.931 bits per heavy atom. The Bertz CT molecular complexity index is 598. The zero-order chi connectivity index (χ0) is 20.3. The third-order valence-corrected chi connectivity index (χ3v) is 7.45. The van der Waals surface area contributed by atoms with Crippen LogP contribution in [0.1, 0.15) is 94.6 Å². The highest BCUT2D eigenvalue weighted by Gasteiger charge is 2.30. The highest BCUT2D eigenvalue weighted by molar-refractivity contribution is 5.25. The van der Waals surface area contributed by atoms with E-state index in [1.807, 2.05) is 6.08 Å². The van der Waals surface area contributed by atoms with Gasteiger partial charge in [-0.25, -0.2) is 0 Å². The van der Waals surface area contributed by atoms with Gasteiger partial charge in [-0.15, -0.1) is 6.58 Å². The molecule has 0 bridgehead atoms. The normalized spacial score (nSPS) is 27.9. The number of hydrogen-bond acceptors (Lipinski definition) is 1. The van der Waals surface area contributed by atoms with E-state index in [2.05, 4.69) is 49.9 Å². The van der Waals surface area contributed by atoms with E-state index in [0.29, 0.717) is 0 Å². The molecule has 2 aliphatic carbocycles. The van der Waals surface area contributed by atoms with Crippen molar-refractivity contribution < 1.29 is 4.74 Å². The first-order chi connectivity index (χ1) is 14.3. The fourth-order valence-corrected chi connectivity index (χ4v) is 5.55. The van der Waals surface area contributed by atoms with Crippen LogP contribution in [0.5, 0.6) is 0 Å². The van der Waals surface area contributed by atoms with Gasteiger partial charge in [-0.05, 0) is 112 Å². The van der Waals surface area contributed by atoms with E-state index in [-0.39, 0.29) is 0 Å². The summed E-state index contributed by atoms with van der Waals surface area (Å²) < 4.78 is 5.77. The van der Waals surface area contributed by atoms with Crippen molar-refractivity contribution >= 4 is 0 Å². The van der Waals surface area contributed by atoms with Crippen molar-refractivity contribution in [2.75, 3.05) is 6.61 Å². The maximum absolute atomic E-state index is 5.77. The van der Waals surface area contributed by atoms with Crippen molar-refractivity contribution in [2.45, 2.75) is 90.1 Å². The van der Waals surface area contributed by atoms with Crippen molar-refractivity contribution in [3.63, 3.8) is 0 Å². The van der Waals surface area contributed by atoms with Crippen LogP contribution in [-0.2, 0) is 11.3 Å². The average molecular weight is 395 g/mol. The average Bonchev–Trinajstić information content (AvgIpc) is 2.78. The summed E-state index contributed by atoms with van der Waals surface area (Å²) in [7, 11) is 0. The molecule has 29 heavy (non-hydrogen) atoms. The van der Waals surface area contributed by atoms with Crippen LogP contribution in [-0.4, -0.2) is 6.61 Å². The minimum absolute atomic E-state index is 0.737. The number of benzene rings is 1. The molecule has 2 fully saturated rings. The smallest absolute Gasteiger partial charge is 0.0716 e. The molecule has 0 saturated heterocycles. The highest BCUT2D eigenvalue weighted by atomic mass is 16.5. The van der Waals surface area contributed by atoms with Gasteiger partial charge in [0.05, 0.1) is 6.61 Å². The van der Waals surface area contributed by atoms with Crippen molar-refractivity contribution in [3.05, 3.63) is 60.2 Å². The molecule has 2 saturated carbocycles. The van der Waals surface area contributed by atoms with E-state index >= 15 is 0 Å². The maximum Gasteiger partial charge on any atom is 0.0716 e. The standard InChI is InChI=1S/C28H42O/c1-3-5-7-21-29-22-24-11-15-26(16-12-24)28-19-17-27(18-20-28)25-13-9-23(10-14-25)8-6-4-2/h3-4,6,11-12,15-16,23,25,27-28H,1,5,7-10,13-14,17-22H2,2H3/b6-4+. The van der Waals surface area contributed by atoms with Crippen LogP contribution in [0.25, 0.3) is 0 Å². The minimum Gasteiger partial charge on any atom is -0.377 e. The lowest BCUT2D eigenvalue weighted by atomic mass is 9.68. The summed E-state index contributed by atoms with van der Waals surface area (Å²) in [5.74, 6) is 3.75. The Labute approximate surface area is 179 Å². The van der Waals surface area contributed by atoms with Crippen LogP contribution in [0.2, 0.25) is 0 Å². The predicted molar refractivity (Wildman–Crippen MR) is 125 cm³/mol. The topological polar surface area (TPSA) is 9.23 Å². The lowest BCUT2D eigenvalue weighted by Gasteiger charge is -2.38. The second-order valence-electron chi connectivity index (χ2n) is 9.42. The van der Waals surface area contributed by atoms with Crippen molar-refractivity contribution in [3.8, 4) is 0 Å². The number of hydrogen-bond donors (Lipinski definition) is 0. The molecule has 0 amide bonds. The Morgan fingerprint density at radius 3 is 2.21 bits per heavy atom. The van der Waals surface area contributed by atoms with Gasteiger partial charge < -0.3 is 4.74 Å². The minimum atomic E-state index is 0.737. The fraction of sp³-hybridized carbons (Fsp3) is 0.643. The van der Waals surface area contributed by atoms with Crippen LogP contribution in [0, 0.1) is 17.8 Å². The third-order valence-electron chi connectivity index (χ3n) is 7.45. The first kappa shape index (κ1) is 22.3. The van der Waals surface area contributed by atoms with Gasteiger partial charge in [0.1, 0.15) is 0 Å². The van der Waals surface area contributed by atoms with Gasteiger partial charge in [0.25, 0.3) is 0 Å². The fourth-order valence-electron chi connectivity index (χ4n) is 5.55. The third kappa shape index (κ3) is 7.14. The molecule has 0 unspecified atom stereocenters. The predicted octanol–water partition coefficient (Wildman–Crippen LogP) is 8.22. The molecule has 160 valence electrons. The lowest BCUT2D eigenvalue weighted by Crippen LogP contribution is -2.25. The summed E-state index contributed by atoms with van der Waals surface area (Å²) in [6.07, 6.45) is 21.5. The Kier molecular flexibility index (Phi) is 9.54. The highest BCUT2D eigenvalue weighted by Crippen LogP contribution is 2.44. The molecule has 1 heteroatoms. The van der Waals surface area contributed by atoms with Gasteiger partial charge >= 0.3 is 0 Å². The van der Waals surface area contributed by atoms with E-state index < -0.39 is 0 Å².